The predicted molar refractivity (Wildman–Crippen MR) is 26.4 cm³/mol. The average molecular weight is 212 g/mol. The summed E-state index contributed by atoms with van der Waals surface area (Å²) in [6, 6.07) is 0. The fourth-order valence-electron chi connectivity index (χ4n) is 0.0680. The third-order valence-electron chi connectivity index (χ3n) is 0.235. The quantitative estimate of drug-likeness (QED) is 0.243. The van der Waals surface area contributed by atoms with Gasteiger partial charge in [0.1, 0.15) is 0 Å². The second-order valence-electron chi connectivity index (χ2n) is 0.618. The van der Waals surface area contributed by atoms with E-state index in [1.165, 1.54) is 6.08 Å². The molecule has 5 heteroatoms. The Morgan fingerprint density at radius 2 is 1.89 bits per heavy atom. The van der Waals surface area contributed by atoms with Gasteiger partial charge in [-0.2, -0.15) is 6.08 Å². The van der Waals surface area contributed by atoms with Crippen LogP contribution in [0.15, 0.2) is 12.2 Å². The number of hydrogen-bond acceptors (Lipinski definition) is 1. The summed E-state index contributed by atoms with van der Waals surface area (Å²) < 4.78 is 0. The first kappa shape index (κ1) is 22.5. The summed E-state index contributed by atoms with van der Waals surface area (Å²) >= 11 is 0.847. The second kappa shape index (κ2) is 35.0. The van der Waals surface area contributed by atoms with Crippen LogP contribution < -0.4 is 31.3 Å². The summed E-state index contributed by atoms with van der Waals surface area (Å²) in [7, 11) is 4.76. The molecular formula is C4H5Cl2LiOZn. The topological polar surface area (TPSA) is 17.1 Å². The van der Waals surface area contributed by atoms with Gasteiger partial charge in [0.25, 0.3) is 0 Å². The normalized spacial score (nSPS) is 5.78. The Labute approximate surface area is 87.9 Å². The molecule has 0 aromatic rings. The molecule has 0 amide bonds. The Morgan fingerprint density at radius 3 is 1.89 bits per heavy atom. The third kappa shape index (κ3) is 46.5. The molecule has 0 rings (SSSR count). The number of rotatable bonds is 1. The minimum atomic E-state index is 0. The third-order valence-corrected chi connectivity index (χ3v) is 0.235. The Balaban J connectivity index is -0.0000000286. The summed E-state index contributed by atoms with van der Waals surface area (Å²) in [5, 5.41) is 0. The summed E-state index contributed by atoms with van der Waals surface area (Å²) in [6.45, 7) is 1.77. The molecule has 0 fully saturated rings. The summed E-state index contributed by atoms with van der Waals surface area (Å²) in [4.78, 5) is 9.19. The van der Waals surface area contributed by atoms with E-state index in [0.29, 0.717) is 0 Å². The molecule has 0 spiro atoms. The van der Waals surface area contributed by atoms with Crippen molar-refractivity contribution in [2.75, 3.05) is 0 Å². The number of halogens is 2. The van der Waals surface area contributed by atoms with Gasteiger partial charge in [-0.3, -0.25) is 0 Å². The van der Waals surface area contributed by atoms with Gasteiger partial charge in [-0.25, -0.2) is 6.08 Å². The van der Waals surface area contributed by atoms with Crippen molar-refractivity contribution in [2.45, 2.75) is 6.92 Å². The van der Waals surface area contributed by atoms with Crippen molar-refractivity contribution in [1.82, 2.24) is 0 Å². The second-order valence-corrected chi connectivity index (χ2v) is 0.618. The van der Waals surface area contributed by atoms with Crippen LogP contribution in [0.5, 0.6) is 0 Å². The summed E-state index contributed by atoms with van der Waals surface area (Å²) in [5.41, 5.74) is 0. The Morgan fingerprint density at radius 1 is 1.56 bits per heavy atom. The van der Waals surface area contributed by atoms with Crippen LogP contribution in [0.3, 0.4) is 0 Å². The average Bonchev–Trinajstić information content (AvgIpc) is 1.75. The molecular weight excluding hydrogens is 207 g/mol. The van der Waals surface area contributed by atoms with Crippen LogP contribution in [0.25, 0.3) is 0 Å². The molecule has 0 saturated heterocycles. The van der Waals surface area contributed by atoms with Gasteiger partial charge >= 0.3 is 45.9 Å². The largest absolute Gasteiger partial charge is 1.00 e. The molecule has 0 atom stereocenters. The SMILES string of the molecule is C/C=C/[C-]=O.[Cl-].[Cl][Zn+].[Li+]. The first-order valence-corrected chi connectivity index (χ1v) is 5.57. The molecule has 0 radical (unpaired) electrons. The monoisotopic (exact) mass is 210 g/mol. The van der Waals surface area contributed by atoms with Crippen molar-refractivity contribution in [2.24, 2.45) is 0 Å². The van der Waals surface area contributed by atoms with Crippen LogP contribution in [-0.2, 0) is 22.1 Å². The van der Waals surface area contributed by atoms with Gasteiger partial charge in [-0.1, -0.05) is 0 Å². The Hall–Kier alpha value is 1.21. The molecule has 0 aliphatic carbocycles. The van der Waals surface area contributed by atoms with E-state index in [0.717, 1.165) is 17.3 Å². The van der Waals surface area contributed by atoms with Gasteiger partial charge < -0.3 is 17.2 Å². The molecule has 0 N–H and O–H groups in total. The fraction of sp³-hybridized carbons (Fsp3) is 0.250. The predicted octanol–water partition coefficient (Wildman–Crippen LogP) is -4.63. The van der Waals surface area contributed by atoms with E-state index in [4.69, 9.17) is 9.69 Å². The molecule has 0 aliphatic rings. The zero-order valence-corrected chi connectivity index (χ0v) is 10.0. The minimum Gasteiger partial charge on any atom is 1.00 e. The van der Waals surface area contributed by atoms with Gasteiger partial charge in [0.05, 0.1) is 0 Å². The van der Waals surface area contributed by atoms with E-state index in [1.54, 1.807) is 19.3 Å². The number of hydrogen-bond donors (Lipinski definition) is 0. The number of carbonyl (C=O) groups excluding carboxylic acids is 1. The van der Waals surface area contributed by atoms with Crippen LogP contribution in [0.1, 0.15) is 6.92 Å². The van der Waals surface area contributed by atoms with Crippen LogP contribution in [0.4, 0.5) is 0 Å². The number of allylic oxidation sites excluding steroid dienone is 2. The summed E-state index contributed by atoms with van der Waals surface area (Å²) in [5.74, 6) is 0. The maximum atomic E-state index is 9.19. The van der Waals surface area contributed by atoms with Crippen LogP contribution in [-0.4, -0.2) is 6.29 Å². The van der Waals surface area contributed by atoms with Gasteiger partial charge in [0, 0.05) is 0 Å². The molecule has 0 aromatic carbocycles. The Bertz CT molecular complexity index is 60.5. The van der Waals surface area contributed by atoms with Crippen LogP contribution in [0, 0.1) is 0 Å². The van der Waals surface area contributed by atoms with E-state index in [9.17, 15) is 4.79 Å². The first-order chi connectivity index (χ1) is 3.41. The standard InChI is InChI=1S/C4H5O.2ClH.Li.Zn/c1-2-3-4-5;;;;/h2-3H,1H3;2*1H;;/q-1;;;+1;+2/p-2/b3-2+;;;;. The Kier molecular flexibility index (Phi) is 87.4. The zero-order chi connectivity index (χ0) is 6.12. The molecule has 1 nitrogen and oxygen atoms in total. The molecule has 0 bridgehead atoms. The maximum Gasteiger partial charge on any atom is 1.00 e. The summed E-state index contributed by atoms with van der Waals surface area (Å²) in [6.07, 6.45) is 4.54. The molecule has 0 saturated carbocycles. The van der Waals surface area contributed by atoms with Crippen molar-refractivity contribution in [3.63, 3.8) is 0 Å². The zero-order valence-electron chi connectivity index (χ0n) is 5.53. The van der Waals surface area contributed by atoms with E-state index in [1.807, 2.05) is 0 Å². The van der Waals surface area contributed by atoms with Gasteiger partial charge in [-0.05, 0) is 6.29 Å². The van der Waals surface area contributed by atoms with Crippen molar-refractivity contribution >= 4 is 16.0 Å². The van der Waals surface area contributed by atoms with Crippen molar-refractivity contribution < 1.29 is 53.4 Å². The molecule has 9 heavy (non-hydrogen) atoms. The van der Waals surface area contributed by atoms with Crippen LogP contribution in [0.2, 0.25) is 0 Å². The van der Waals surface area contributed by atoms with E-state index in [2.05, 4.69) is 0 Å². The molecule has 0 heterocycles. The van der Waals surface area contributed by atoms with Gasteiger partial charge in [0.15, 0.2) is 0 Å². The van der Waals surface area contributed by atoms with Crippen molar-refractivity contribution in [1.29, 1.82) is 0 Å². The van der Waals surface area contributed by atoms with Gasteiger partial charge in [0.2, 0.25) is 0 Å². The van der Waals surface area contributed by atoms with Crippen LogP contribution >= 0.6 is 9.69 Å². The molecule has 0 aromatic heterocycles. The molecule has 0 aliphatic heterocycles. The van der Waals surface area contributed by atoms with E-state index in [-0.39, 0.29) is 31.3 Å². The molecule has 0 unspecified atom stereocenters. The van der Waals surface area contributed by atoms with E-state index < -0.39 is 0 Å². The minimum absolute atomic E-state index is 0. The van der Waals surface area contributed by atoms with Crippen molar-refractivity contribution in [3.8, 4) is 0 Å². The smallest absolute Gasteiger partial charge is 1.00 e. The first-order valence-electron chi connectivity index (χ1n) is 1.67. The maximum absolute atomic E-state index is 9.19. The van der Waals surface area contributed by atoms with Crippen molar-refractivity contribution in [3.05, 3.63) is 12.2 Å². The molecule has 44 valence electrons. The van der Waals surface area contributed by atoms with Gasteiger partial charge in [-0.15, -0.1) is 6.92 Å². The fourth-order valence-corrected chi connectivity index (χ4v) is 0.0680. The van der Waals surface area contributed by atoms with E-state index >= 15 is 0 Å².